The molecule has 0 radical (unpaired) electrons. The van der Waals surface area contributed by atoms with Gasteiger partial charge in [0.05, 0.1) is 25.3 Å². The molecule has 2 saturated heterocycles. The standard InChI is InChI=1S/2C5H10O3.C4H8O4.2C4H6O3.Na/c2*1-2-3-4(6)5(7)8;5-2-1-3(6)4(7)8;2*5-3-1-2-7-4(3)6;/h2*4,6H,2-3H2,1H3,(H,7,8);3,5-6H,1-2H2,(H,7,8);2*3,5H,1-2H2;/q;;;;;+1/p-1. The van der Waals surface area contributed by atoms with Crippen molar-refractivity contribution in [3.05, 3.63) is 0 Å². The van der Waals surface area contributed by atoms with Gasteiger partial charge in [0, 0.05) is 25.9 Å². The Morgan fingerprint density at radius 3 is 1.21 bits per heavy atom. The number of rotatable bonds is 9. The average Bonchev–Trinajstić information content (AvgIpc) is 3.41. The van der Waals surface area contributed by atoms with Crippen molar-refractivity contribution in [1.82, 2.24) is 0 Å². The van der Waals surface area contributed by atoms with Crippen LogP contribution in [0.25, 0.3) is 0 Å². The third-order valence-corrected chi connectivity index (χ3v) is 4.18. The van der Waals surface area contributed by atoms with E-state index in [2.05, 4.69) is 9.47 Å². The molecule has 0 bridgehead atoms. The van der Waals surface area contributed by atoms with Crippen LogP contribution in [0.4, 0.5) is 0 Å². The first kappa shape index (κ1) is 44.1. The van der Waals surface area contributed by atoms with Crippen LogP contribution in [0, 0.1) is 0 Å². The number of esters is 2. The number of carbonyl (C=O) groups excluding carboxylic acids is 3. The number of cyclic esters (lactones) is 2. The van der Waals surface area contributed by atoms with E-state index in [9.17, 15) is 29.1 Å². The maximum Gasteiger partial charge on any atom is 1.00 e. The first-order chi connectivity index (χ1) is 17.7. The Hall–Kier alpha value is -1.89. The summed E-state index contributed by atoms with van der Waals surface area (Å²) in [6.07, 6.45) is -2.72. The van der Waals surface area contributed by atoms with E-state index in [1.165, 1.54) is 0 Å². The summed E-state index contributed by atoms with van der Waals surface area (Å²) in [5.41, 5.74) is 0. The Labute approximate surface area is 247 Å². The van der Waals surface area contributed by atoms with Crippen molar-refractivity contribution in [3.63, 3.8) is 0 Å². The molecule has 2 aliphatic rings. The largest absolute Gasteiger partial charge is 1.00 e. The molecule has 16 nitrogen and oxygen atoms in total. The molecule has 39 heavy (non-hydrogen) atoms. The summed E-state index contributed by atoms with van der Waals surface area (Å²) < 4.78 is 8.75. The van der Waals surface area contributed by atoms with Crippen LogP contribution in [-0.4, -0.2) is 121 Å². The second-order valence-electron chi connectivity index (χ2n) is 7.58. The number of hydrogen-bond acceptors (Lipinski definition) is 14. The molecule has 2 rings (SSSR count). The number of aliphatic hydroxyl groups excluding tert-OH is 6. The van der Waals surface area contributed by atoms with Gasteiger partial charge in [-0.3, -0.25) is 0 Å². The molecule has 5 unspecified atom stereocenters. The minimum Gasteiger partial charge on any atom is -0.547 e. The number of carboxylic acid groups (broad SMARTS) is 3. The van der Waals surface area contributed by atoms with E-state index < -0.39 is 60.4 Å². The number of carboxylic acids is 3. The zero-order valence-corrected chi connectivity index (χ0v) is 24.3. The van der Waals surface area contributed by atoms with Crippen molar-refractivity contribution in [2.24, 2.45) is 0 Å². The zero-order valence-electron chi connectivity index (χ0n) is 22.3. The molecule has 5 atom stereocenters. The second-order valence-corrected chi connectivity index (χ2v) is 7.58. The summed E-state index contributed by atoms with van der Waals surface area (Å²) in [5.74, 6) is -4.78. The van der Waals surface area contributed by atoms with Crippen LogP contribution in [-0.2, 0) is 33.4 Å². The van der Waals surface area contributed by atoms with Gasteiger partial charge in [-0.15, -0.1) is 0 Å². The van der Waals surface area contributed by atoms with Crippen LogP contribution < -0.4 is 34.7 Å². The molecule has 2 aliphatic heterocycles. The van der Waals surface area contributed by atoms with Gasteiger partial charge >= 0.3 is 53.4 Å². The van der Waals surface area contributed by atoms with E-state index in [1.807, 2.05) is 13.8 Å². The summed E-state index contributed by atoms with van der Waals surface area (Å²) in [7, 11) is 0. The van der Waals surface area contributed by atoms with Crippen LogP contribution in [0.5, 0.6) is 0 Å². The van der Waals surface area contributed by atoms with E-state index in [1.54, 1.807) is 0 Å². The van der Waals surface area contributed by atoms with Gasteiger partial charge in [0.25, 0.3) is 0 Å². The van der Waals surface area contributed by atoms with Crippen molar-refractivity contribution in [2.75, 3.05) is 19.8 Å². The SMILES string of the molecule is CCCC(O)C(=O)O.CCCC(O)C(=O)O.O=C([O-])C(O)CCO.O=C1OCCC1O.O=C1OCCC1O.[Na+]. The fourth-order valence-electron chi connectivity index (χ4n) is 2.00. The molecule has 0 aliphatic carbocycles. The predicted octanol–water partition coefficient (Wildman–Crippen LogP) is -6.46. The number of ether oxygens (including phenoxy) is 2. The van der Waals surface area contributed by atoms with E-state index in [0.29, 0.717) is 51.7 Å². The minimum absolute atomic E-state index is 0. The average molecular weight is 583 g/mol. The Bertz CT molecular complexity index is 613. The van der Waals surface area contributed by atoms with Crippen LogP contribution in [0.1, 0.15) is 58.8 Å². The predicted molar refractivity (Wildman–Crippen MR) is 123 cm³/mol. The molecule has 0 aromatic carbocycles. The van der Waals surface area contributed by atoms with E-state index in [4.69, 9.17) is 40.9 Å². The zero-order chi connectivity index (χ0) is 30.3. The maximum atomic E-state index is 10.1. The molecule has 224 valence electrons. The molecule has 0 saturated carbocycles. The Morgan fingerprint density at radius 1 is 0.795 bits per heavy atom. The first-order valence-corrected chi connectivity index (χ1v) is 11.7. The van der Waals surface area contributed by atoms with Gasteiger partial charge < -0.3 is 60.2 Å². The van der Waals surface area contributed by atoms with Gasteiger partial charge in [0.2, 0.25) is 0 Å². The summed E-state index contributed by atoms with van der Waals surface area (Å²) in [5, 5.41) is 76.2. The Balaban J connectivity index is -0.000000195. The van der Waals surface area contributed by atoms with Gasteiger partial charge in [-0.2, -0.15) is 0 Å². The van der Waals surface area contributed by atoms with Crippen molar-refractivity contribution in [1.29, 1.82) is 0 Å². The molecule has 0 aromatic rings. The first-order valence-electron chi connectivity index (χ1n) is 11.7. The summed E-state index contributed by atoms with van der Waals surface area (Å²) >= 11 is 0. The normalized spacial score (nSPS) is 19.1. The van der Waals surface area contributed by atoms with E-state index in [-0.39, 0.29) is 42.6 Å². The third kappa shape index (κ3) is 27.5. The molecule has 8 N–H and O–H groups in total. The molecule has 0 aromatic heterocycles. The monoisotopic (exact) mass is 582 g/mol. The molecule has 0 spiro atoms. The third-order valence-electron chi connectivity index (χ3n) is 4.18. The minimum atomic E-state index is -1.54. The van der Waals surface area contributed by atoms with Crippen LogP contribution >= 0.6 is 0 Å². The van der Waals surface area contributed by atoms with Crippen LogP contribution in [0.15, 0.2) is 0 Å². The number of aliphatic carboxylic acids is 3. The number of aliphatic hydroxyl groups is 6. The summed E-state index contributed by atoms with van der Waals surface area (Å²) in [6, 6.07) is 0. The van der Waals surface area contributed by atoms with Crippen molar-refractivity contribution < 1.29 is 109 Å². The van der Waals surface area contributed by atoms with Crippen molar-refractivity contribution >= 4 is 29.8 Å². The van der Waals surface area contributed by atoms with E-state index in [0.717, 1.165) is 0 Å². The topological polar surface area (TPSA) is 289 Å². The van der Waals surface area contributed by atoms with Crippen LogP contribution in [0.2, 0.25) is 0 Å². The molecule has 0 amide bonds. The second kappa shape index (κ2) is 27.7. The summed E-state index contributed by atoms with van der Waals surface area (Å²) in [4.78, 5) is 49.5. The Morgan fingerprint density at radius 2 is 1.13 bits per heavy atom. The number of carbonyl (C=O) groups is 5. The fourth-order valence-corrected chi connectivity index (χ4v) is 2.00. The van der Waals surface area contributed by atoms with E-state index >= 15 is 0 Å². The molecular weight excluding hydrogens is 543 g/mol. The quantitative estimate of drug-likeness (QED) is 0.0926. The van der Waals surface area contributed by atoms with Gasteiger partial charge in [-0.05, 0) is 12.8 Å². The van der Waals surface area contributed by atoms with Crippen LogP contribution in [0.3, 0.4) is 0 Å². The van der Waals surface area contributed by atoms with Gasteiger partial charge in [-0.1, -0.05) is 26.7 Å². The Kier molecular flexibility index (Phi) is 31.3. The van der Waals surface area contributed by atoms with Gasteiger partial charge in [0.15, 0.2) is 24.4 Å². The molecular formula is C22H39NaO16. The van der Waals surface area contributed by atoms with Crippen molar-refractivity contribution in [3.8, 4) is 0 Å². The number of hydrogen-bond donors (Lipinski definition) is 8. The van der Waals surface area contributed by atoms with Crippen molar-refractivity contribution in [2.45, 2.75) is 89.3 Å². The summed E-state index contributed by atoms with van der Waals surface area (Å²) in [6.45, 7) is 4.06. The van der Waals surface area contributed by atoms with Gasteiger partial charge in [-0.25, -0.2) is 19.2 Å². The molecule has 17 heteroatoms. The van der Waals surface area contributed by atoms with Gasteiger partial charge in [0.1, 0.15) is 0 Å². The molecule has 2 heterocycles. The maximum absolute atomic E-state index is 10.1. The molecule has 2 fully saturated rings. The fraction of sp³-hybridized carbons (Fsp3) is 0.773. The smallest absolute Gasteiger partial charge is 0.547 e.